The van der Waals surface area contributed by atoms with Crippen molar-refractivity contribution >= 4 is 12.0 Å². The van der Waals surface area contributed by atoms with Gasteiger partial charge in [0, 0.05) is 0 Å². The molecule has 1 fully saturated rings. The highest BCUT2D eigenvalue weighted by atomic mass is 16.7. The lowest BCUT2D eigenvalue weighted by molar-refractivity contribution is -0.140. The van der Waals surface area contributed by atoms with Gasteiger partial charge in [-0.15, -0.1) is 5.48 Å². The van der Waals surface area contributed by atoms with Crippen LogP contribution in [0.5, 0.6) is 0 Å². The van der Waals surface area contributed by atoms with E-state index in [9.17, 15) is 4.79 Å². The SMILES string of the molecule is O=C1ON[C@@H]2Cc3ccccc3C=C12. The quantitative estimate of drug-likeness (QED) is 0.660. The third-order valence-electron chi connectivity index (χ3n) is 2.70. The van der Waals surface area contributed by atoms with Crippen molar-refractivity contribution in [3.63, 3.8) is 0 Å². The summed E-state index contributed by atoms with van der Waals surface area (Å²) < 4.78 is 0. The molecule has 0 amide bonds. The second-order valence-corrected chi connectivity index (χ2v) is 3.56. The zero-order valence-electron chi connectivity index (χ0n) is 7.49. The Bertz CT molecular complexity index is 437. The molecule has 1 heterocycles. The molecule has 1 atom stereocenters. The van der Waals surface area contributed by atoms with Crippen molar-refractivity contribution in [3.8, 4) is 0 Å². The van der Waals surface area contributed by atoms with Crippen molar-refractivity contribution < 1.29 is 9.63 Å². The molecule has 0 bridgehead atoms. The monoisotopic (exact) mass is 187 g/mol. The highest BCUT2D eigenvalue weighted by Gasteiger charge is 2.33. The Balaban J connectivity index is 2.13. The average Bonchev–Trinajstić information content (AvgIpc) is 2.57. The van der Waals surface area contributed by atoms with E-state index >= 15 is 0 Å². The predicted octanol–water partition coefficient (Wildman–Crippen LogP) is 1.06. The molecule has 1 aliphatic carbocycles. The van der Waals surface area contributed by atoms with Crippen LogP contribution >= 0.6 is 0 Å². The first-order valence-electron chi connectivity index (χ1n) is 4.61. The van der Waals surface area contributed by atoms with E-state index in [4.69, 9.17) is 4.84 Å². The standard InChI is InChI=1S/C11H9NO2/c13-11-9-5-7-3-1-2-4-8(7)6-10(9)12-14-11/h1-5,10,12H,6H2/t10-/m1/s1. The molecule has 1 aromatic carbocycles. The van der Waals surface area contributed by atoms with E-state index in [0.29, 0.717) is 0 Å². The number of nitrogens with one attached hydrogen (secondary N) is 1. The van der Waals surface area contributed by atoms with Crippen molar-refractivity contribution in [2.45, 2.75) is 12.5 Å². The molecular formula is C11H9NO2. The maximum Gasteiger partial charge on any atom is 0.354 e. The van der Waals surface area contributed by atoms with E-state index in [-0.39, 0.29) is 12.0 Å². The van der Waals surface area contributed by atoms with Gasteiger partial charge in [0.25, 0.3) is 0 Å². The molecule has 3 nitrogen and oxygen atoms in total. The Morgan fingerprint density at radius 2 is 2.21 bits per heavy atom. The van der Waals surface area contributed by atoms with Gasteiger partial charge in [-0.3, -0.25) is 0 Å². The Labute approximate surface area is 81.3 Å². The van der Waals surface area contributed by atoms with Crippen LogP contribution in [-0.4, -0.2) is 12.0 Å². The van der Waals surface area contributed by atoms with Gasteiger partial charge in [-0.1, -0.05) is 24.3 Å². The van der Waals surface area contributed by atoms with Gasteiger partial charge < -0.3 is 4.84 Å². The minimum absolute atomic E-state index is 0.0393. The maximum atomic E-state index is 11.3. The van der Waals surface area contributed by atoms with Crippen molar-refractivity contribution in [1.29, 1.82) is 0 Å². The van der Waals surface area contributed by atoms with Crippen LogP contribution in [0.4, 0.5) is 0 Å². The third kappa shape index (κ3) is 0.992. The third-order valence-corrected chi connectivity index (χ3v) is 2.70. The molecule has 3 heteroatoms. The van der Waals surface area contributed by atoms with E-state index in [1.165, 1.54) is 5.56 Å². The van der Waals surface area contributed by atoms with E-state index in [1.807, 2.05) is 24.3 Å². The number of hydroxylamine groups is 1. The van der Waals surface area contributed by atoms with E-state index in [0.717, 1.165) is 17.6 Å². The van der Waals surface area contributed by atoms with Gasteiger partial charge in [-0.2, -0.15) is 0 Å². The molecule has 1 N–H and O–H groups in total. The zero-order chi connectivity index (χ0) is 9.54. The van der Waals surface area contributed by atoms with Crippen molar-refractivity contribution in [2.24, 2.45) is 0 Å². The van der Waals surface area contributed by atoms with Gasteiger partial charge >= 0.3 is 5.97 Å². The molecule has 3 rings (SSSR count). The van der Waals surface area contributed by atoms with Crippen molar-refractivity contribution in [2.75, 3.05) is 0 Å². The lowest BCUT2D eigenvalue weighted by atomic mass is 9.89. The van der Waals surface area contributed by atoms with Gasteiger partial charge in [0.1, 0.15) is 0 Å². The average molecular weight is 187 g/mol. The minimum Gasteiger partial charge on any atom is -0.366 e. The number of carbonyl (C=O) groups is 1. The topological polar surface area (TPSA) is 38.3 Å². The first-order valence-corrected chi connectivity index (χ1v) is 4.61. The number of rotatable bonds is 0. The molecule has 0 spiro atoms. The van der Waals surface area contributed by atoms with Crippen LogP contribution < -0.4 is 5.48 Å². The van der Waals surface area contributed by atoms with Crippen LogP contribution in [0.2, 0.25) is 0 Å². The first kappa shape index (κ1) is 7.76. The molecule has 0 unspecified atom stereocenters. The van der Waals surface area contributed by atoms with Crippen LogP contribution in [0.3, 0.4) is 0 Å². The van der Waals surface area contributed by atoms with Crippen molar-refractivity contribution in [1.82, 2.24) is 5.48 Å². The number of carbonyl (C=O) groups excluding carboxylic acids is 1. The molecule has 1 aromatic rings. The van der Waals surface area contributed by atoms with Gasteiger partial charge in [-0.05, 0) is 23.6 Å². The highest BCUT2D eigenvalue weighted by molar-refractivity contribution is 5.97. The molecule has 0 aromatic heterocycles. The molecule has 1 aliphatic heterocycles. The molecule has 14 heavy (non-hydrogen) atoms. The normalized spacial score (nSPS) is 23.6. The molecule has 1 saturated heterocycles. The summed E-state index contributed by atoms with van der Waals surface area (Å²) in [5, 5.41) is 0. The Morgan fingerprint density at radius 1 is 1.36 bits per heavy atom. The summed E-state index contributed by atoms with van der Waals surface area (Å²) in [4.78, 5) is 16.0. The number of benzene rings is 1. The fraction of sp³-hybridized carbons (Fsp3) is 0.182. The van der Waals surface area contributed by atoms with Crippen LogP contribution in [0.25, 0.3) is 6.08 Å². The van der Waals surface area contributed by atoms with Crippen LogP contribution in [0.15, 0.2) is 29.8 Å². The molecule has 2 aliphatic rings. The second-order valence-electron chi connectivity index (χ2n) is 3.56. The van der Waals surface area contributed by atoms with Gasteiger partial charge in [0.2, 0.25) is 0 Å². The van der Waals surface area contributed by atoms with Crippen molar-refractivity contribution in [3.05, 3.63) is 41.0 Å². The van der Waals surface area contributed by atoms with Gasteiger partial charge in [0.15, 0.2) is 0 Å². The molecule has 0 saturated carbocycles. The summed E-state index contributed by atoms with van der Waals surface area (Å²) in [5.41, 5.74) is 5.85. The Morgan fingerprint density at radius 3 is 3.14 bits per heavy atom. The maximum absolute atomic E-state index is 11.3. The number of hydrogen-bond acceptors (Lipinski definition) is 3. The molecular weight excluding hydrogens is 178 g/mol. The fourth-order valence-corrected chi connectivity index (χ4v) is 1.95. The zero-order valence-corrected chi connectivity index (χ0v) is 7.49. The largest absolute Gasteiger partial charge is 0.366 e. The smallest absolute Gasteiger partial charge is 0.354 e. The summed E-state index contributed by atoms with van der Waals surface area (Å²) in [6.07, 6.45) is 2.74. The summed E-state index contributed by atoms with van der Waals surface area (Å²) in [6.45, 7) is 0. The van der Waals surface area contributed by atoms with Crippen LogP contribution in [0.1, 0.15) is 11.1 Å². The fourth-order valence-electron chi connectivity index (χ4n) is 1.95. The molecule has 70 valence electrons. The number of fused-ring (bicyclic) bond motifs is 2. The summed E-state index contributed by atoms with van der Waals surface area (Å²) in [5.74, 6) is -0.246. The van der Waals surface area contributed by atoms with E-state index in [2.05, 4.69) is 11.5 Å². The van der Waals surface area contributed by atoms with E-state index in [1.54, 1.807) is 0 Å². The summed E-state index contributed by atoms with van der Waals surface area (Å²) in [7, 11) is 0. The lowest BCUT2D eigenvalue weighted by Crippen LogP contribution is -2.26. The molecule has 0 radical (unpaired) electrons. The van der Waals surface area contributed by atoms with Gasteiger partial charge in [0.05, 0.1) is 11.6 Å². The number of hydrogen-bond donors (Lipinski definition) is 1. The second kappa shape index (κ2) is 2.69. The van der Waals surface area contributed by atoms with Gasteiger partial charge in [-0.25, -0.2) is 4.79 Å². The predicted molar refractivity (Wildman–Crippen MR) is 51.1 cm³/mol. The first-order chi connectivity index (χ1) is 6.84. The van der Waals surface area contributed by atoms with Crippen LogP contribution in [-0.2, 0) is 16.1 Å². The van der Waals surface area contributed by atoms with Crippen LogP contribution in [0, 0.1) is 0 Å². The Kier molecular flexibility index (Phi) is 1.49. The lowest BCUT2D eigenvalue weighted by Gasteiger charge is -2.16. The minimum atomic E-state index is -0.246. The Hall–Kier alpha value is -1.61. The van der Waals surface area contributed by atoms with E-state index < -0.39 is 0 Å². The highest BCUT2D eigenvalue weighted by Crippen LogP contribution is 2.27. The summed E-state index contributed by atoms with van der Waals surface area (Å²) >= 11 is 0. The summed E-state index contributed by atoms with van der Waals surface area (Å²) in [6, 6.07) is 8.12.